The Morgan fingerprint density at radius 3 is 2.69 bits per heavy atom. The number of rotatable bonds is 4. The summed E-state index contributed by atoms with van der Waals surface area (Å²) in [7, 11) is 0. The van der Waals surface area contributed by atoms with Gasteiger partial charge in [0.05, 0.1) is 6.61 Å². The number of ether oxygens (including phenoxy) is 1. The molecule has 32 heavy (non-hydrogen) atoms. The lowest BCUT2D eigenvalue weighted by Gasteiger charge is -2.39. The van der Waals surface area contributed by atoms with E-state index >= 15 is 0 Å². The fraction of sp³-hybridized carbons (Fsp3) is 0.773. The number of amides is 1. The molecule has 0 aromatic carbocycles. The lowest BCUT2D eigenvalue weighted by atomic mass is 9.86. The smallest absolute Gasteiger partial charge is 0.381 e. The molecule has 3 heterocycles. The van der Waals surface area contributed by atoms with Crippen molar-refractivity contribution >= 4 is 11.9 Å². The van der Waals surface area contributed by atoms with Crippen molar-refractivity contribution in [2.75, 3.05) is 44.3 Å². The number of halogens is 3. The van der Waals surface area contributed by atoms with Crippen molar-refractivity contribution in [3.05, 3.63) is 18.0 Å². The summed E-state index contributed by atoms with van der Waals surface area (Å²) in [6, 6.07) is 1.63. The molecule has 1 amide bonds. The maximum atomic E-state index is 13.3. The van der Waals surface area contributed by atoms with Crippen LogP contribution in [0.25, 0.3) is 0 Å². The van der Waals surface area contributed by atoms with Gasteiger partial charge in [0.2, 0.25) is 11.9 Å². The number of nitrogens with one attached hydrogen (secondary N) is 1. The molecule has 1 aromatic heterocycles. The molecular formula is C22H32F3N5O2. The van der Waals surface area contributed by atoms with Gasteiger partial charge < -0.3 is 19.9 Å². The standard InChI is InChI=1S/C22H32F3N5O2/c1-15-14-32-12-5-17(15)27-16-3-6-21(2,13-16)19(31)29-8-10-30(11-9-29)20-26-7-4-18(28-20)22(23,24)25/h4,7,15-17,27H,3,5-6,8-14H2,1-2H3/t15-,16-,17?,21+/m1/s1. The largest absolute Gasteiger partial charge is 0.433 e. The molecular weight excluding hydrogens is 423 g/mol. The van der Waals surface area contributed by atoms with Crippen LogP contribution in [0.5, 0.6) is 0 Å². The second kappa shape index (κ2) is 9.13. The fourth-order valence-electron chi connectivity index (χ4n) is 5.16. The van der Waals surface area contributed by atoms with Crippen molar-refractivity contribution in [2.45, 2.75) is 57.8 Å². The molecule has 1 N–H and O–H groups in total. The van der Waals surface area contributed by atoms with Gasteiger partial charge in [0.25, 0.3) is 0 Å². The summed E-state index contributed by atoms with van der Waals surface area (Å²) in [6.45, 7) is 7.57. The monoisotopic (exact) mass is 455 g/mol. The van der Waals surface area contributed by atoms with E-state index in [1.807, 2.05) is 11.8 Å². The van der Waals surface area contributed by atoms with Gasteiger partial charge in [0.1, 0.15) is 5.69 Å². The maximum Gasteiger partial charge on any atom is 0.433 e. The normalized spacial score (nSPS) is 31.7. The van der Waals surface area contributed by atoms with E-state index < -0.39 is 17.3 Å². The summed E-state index contributed by atoms with van der Waals surface area (Å²) in [4.78, 5) is 24.6. The van der Waals surface area contributed by atoms with Crippen LogP contribution in [-0.2, 0) is 15.7 Å². The molecule has 0 bridgehead atoms. The van der Waals surface area contributed by atoms with E-state index in [0.717, 1.165) is 51.2 Å². The van der Waals surface area contributed by atoms with Gasteiger partial charge in [-0.05, 0) is 37.7 Å². The lowest BCUT2D eigenvalue weighted by molar-refractivity contribution is -0.141. The van der Waals surface area contributed by atoms with Crippen molar-refractivity contribution in [3.8, 4) is 0 Å². The minimum Gasteiger partial charge on any atom is -0.381 e. The number of aromatic nitrogens is 2. The maximum absolute atomic E-state index is 13.3. The summed E-state index contributed by atoms with van der Waals surface area (Å²) >= 11 is 0. The number of piperazine rings is 1. The molecule has 0 radical (unpaired) electrons. The van der Waals surface area contributed by atoms with Crippen LogP contribution in [0.2, 0.25) is 0 Å². The van der Waals surface area contributed by atoms with Gasteiger partial charge in [-0.25, -0.2) is 9.97 Å². The van der Waals surface area contributed by atoms with Crippen LogP contribution in [0.3, 0.4) is 0 Å². The average Bonchev–Trinajstić information content (AvgIpc) is 3.16. The molecule has 0 spiro atoms. The molecule has 3 aliphatic rings. The Hall–Kier alpha value is -1.94. The molecule has 7 nitrogen and oxygen atoms in total. The van der Waals surface area contributed by atoms with Crippen molar-refractivity contribution in [1.29, 1.82) is 0 Å². The van der Waals surface area contributed by atoms with Crippen LogP contribution >= 0.6 is 0 Å². The first-order valence-electron chi connectivity index (χ1n) is 11.4. The molecule has 2 saturated heterocycles. The van der Waals surface area contributed by atoms with E-state index in [-0.39, 0.29) is 11.9 Å². The first kappa shape index (κ1) is 23.2. The number of hydrogen-bond donors (Lipinski definition) is 1. The van der Waals surface area contributed by atoms with Crippen LogP contribution < -0.4 is 10.2 Å². The fourth-order valence-corrected chi connectivity index (χ4v) is 5.16. The molecule has 1 aromatic rings. The molecule has 4 atom stereocenters. The second-order valence-corrected chi connectivity index (χ2v) is 9.63. The Balaban J connectivity index is 1.31. The quantitative estimate of drug-likeness (QED) is 0.753. The van der Waals surface area contributed by atoms with Crippen molar-refractivity contribution in [3.63, 3.8) is 0 Å². The summed E-state index contributed by atoms with van der Waals surface area (Å²) in [5, 5.41) is 3.76. The van der Waals surface area contributed by atoms with E-state index in [2.05, 4.69) is 22.2 Å². The second-order valence-electron chi connectivity index (χ2n) is 9.63. The highest BCUT2D eigenvalue weighted by Crippen LogP contribution is 2.40. The average molecular weight is 456 g/mol. The Bertz CT molecular complexity index is 815. The summed E-state index contributed by atoms with van der Waals surface area (Å²) in [5.41, 5.74) is -1.35. The van der Waals surface area contributed by atoms with E-state index in [1.54, 1.807) is 4.90 Å². The summed E-state index contributed by atoms with van der Waals surface area (Å²) < 4.78 is 44.4. The summed E-state index contributed by atoms with van der Waals surface area (Å²) in [5.74, 6) is 0.678. The van der Waals surface area contributed by atoms with E-state index in [9.17, 15) is 18.0 Å². The minimum absolute atomic E-state index is 0.0637. The lowest BCUT2D eigenvalue weighted by Crippen LogP contribution is -2.53. The highest BCUT2D eigenvalue weighted by Gasteiger charge is 2.44. The Morgan fingerprint density at radius 1 is 1.25 bits per heavy atom. The predicted octanol–water partition coefficient (Wildman–Crippen LogP) is 2.72. The minimum atomic E-state index is -4.50. The molecule has 1 saturated carbocycles. The van der Waals surface area contributed by atoms with Crippen LogP contribution in [0.1, 0.15) is 45.2 Å². The van der Waals surface area contributed by atoms with Crippen LogP contribution in [0.15, 0.2) is 12.3 Å². The van der Waals surface area contributed by atoms with Gasteiger partial charge in [-0.1, -0.05) is 13.8 Å². The number of carbonyl (C=O) groups excluding carboxylic acids is 1. The molecule has 3 fully saturated rings. The third kappa shape index (κ3) is 5.01. The zero-order valence-corrected chi connectivity index (χ0v) is 18.7. The molecule has 10 heteroatoms. The highest BCUT2D eigenvalue weighted by molar-refractivity contribution is 5.83. The number of alkyl halides is 3. The van der Waals surface area contributed by atoms with Gasteiger partial charge in [-0.15, -0.1) is 0 Å². The number of hydrogen-bond acceptors (Lipinski definition) is 6. The zero-order valence-electron chi connectivity index (χ0n) is 18.7. The number of carbonyl (C=O) groups is 1. The third-order valence-electron chi connectivity index (χ3n) is 7.13. The van der Waals surface area contributed by atoms with Gasteiger partial charge >= 0.3 is 6.18 Å². The van der Waals surface area contributed by atoms with Gasteiger partial charge in [-0.2, -0.15) is 13.2 Å². The first-order valence-corrected chi connectivity index (χ1v) is 11.4. The molecule has 178 valence electrons. The molecule has 2 aliphatic heterocycles. The third-order valence-corrected chi connectivity index (χ3v) is 7.13. The van der Waals surface area contributed by atoms with Crippen LogP contribution in [-0.4, -0.2) is 72.3 Å². The first-order chi connectivity index (χ1) is 15.2. The molecule has 4 rings (SSSR count). The van der Waals surface area contributed by atoms with Crippen molar-refractivity contribution in [1.82, 2.24) is 20.2 Å². The van der Waals surface area contributed by atoms with Gasteiger partial charge in [-0.3, -0.25) is 4.79 Å². The predicted molar refractivity (Wildman–Crippen MR) is 113 cm³/mol. The summed E-state index contributed by atoms with van der Waals surface area (Å²) in [6.07, 6.45) is 0.269. The van der Waals surface area contributed by atoms with Crippen LogP contribution in [0.4, 0.5) is 19.1 Å². The SMILES string of the molecule is C[C@@H]1COCCC1N[C@@H]1CC[C@](C)(C(=O)N2CCN(c3nccc(C(F)(F)F)n3)CC2)C1. The highest BCUT2D eigenvalue weighted by atomic mass is 19.4. The van der Waals surface area contributed by atoms with Crippen molar-refractivity contribution in [2.24, 2.45) is 11.3 Å². The van der Waals surface area contributed by atoms with Gasteiger partial charge in [0, 0.05) is 56.5 Å². The van der Waals surface area contributed by atoms with E-state index in [1.165, 1.54) is 0 Å². The Labute approximate surface area is 186 Å². The topological polar surface area (TPSA) is 70.6 Å². The van der Waals surface area contributed by atoms with Gasteiger partial charge in [0.15, 0.2) is 0 Å². The Morgan fingerprint density at radius 2 is 2.00 bits per heavy atom. The number of nitrogens with zero attached hydrogens (tertiary/aromatic N) is 4. The zero-order chi connectivity index (χ0) is 22.9. The van der Waals surface area contributed by atoms with E-state index in [4.69, 9.17) is 4.74 Å². The number of anilines is 1. The molecule has 1 unspecified atom stereocenters. The van der Waals surface area contributed by atoms with Crippen molar-refractivity contribution < 1.29 is 22.7 Å². The van der Waals surface area contributed by atoms with E-state index in [0.29, 0.717) is 44.2 Å². The molecule has 1 aliphatic carbocycles. The Kier molecular flexibility index (Phi) is 6.63. The van der Waals surface area contributed by atoms with Crippen LogP contribution in [0, 0.1) is 11.3 Å².